The van der Waals surface area contributed by atoms with Gasteiger partial charge in [-0.25, -0.2) is 12.1 Å². The molecule has 0 unspecified atom stereocenters. The van der Waals surface area contributed by atoms with E-state index in [1.54, 1.807) is 0 Å². The first-order valence-electron chi connectivity index (χ1n) is 2.86. The maximum Gasteiger partial charge on any atom is 0.0895 e. The molecule has 0 aliphatic rings. The maximum atomic E-state index is 4.94. The van der Waals surface area contributed by atoms with Crippen LogP contribution in [-0.4, -0.2) is 0 Å². The van der Waals surface area contributed by atoms with Crippen molar-refractivity contribution in [2.24, 2.45) is 0 Å². The lowest BCUT2D eigenvalue weighted by molar-refractivity contribution is 0.238. The summed E-state index contributed by atoms with van der Waals surface area (Å²) in [5.74, 6) is 0. The fourth-order valence-electron chi connectivity index (χ4n) is 0.665. The Kier molecular flexibility index (Phi) is 2.02. The molecule has 0 amide bonds. The van der Waals surface area contributed by atoms with Gasteiger partial charge in [-0.2, -0.15) is 12.1 Å². The zero-order valence-electron chi connectivity index (χ0n) is 5.21. The molecule has 1 aromatic rings. The van der Waals surface area contributed by atoms with E-state index in [2.05, 4.69) is 6.58 Å². The fraction of sp³-hybridized carbons (Fsp3) is 0.125. The molecule has 0 aromatic heterocycles. The van der Waals surface area contributed by atoms with Crippen molar-refractivity contribution in [3.63, 3.8) is 0 Å². The predicted octanol–water partition coefficient (Wildman–Crippen LogP) is 2.07. The van der Waals surface area contributed by atoms with Crippen LogP contribution in [0.1, 0.15) is 5.56 Å². The van der Waals surface area contributed by atoms with Gasteiger partial charge in [0, 0.05) is 0 Å². The molecular formula is C8H9O-. The SMILES string of the molecule is C=COCc1ccc[cH-]1. The number of hydrogen-bond donors (Lipinski definition) is 0. The molecule has 0 radical (unpaired) electrons. The Morgan fingerprint density at radius 3 is 3.22 bits per heavy atom. The van der Waals surface area contributed by atoms with Gasteiger partial charge in [-0.1, -0.05) is 6.58 Å². The van der Waals surface area contributed by atoms with Gasteiger partial charge in [0.1, 0.15) is 0 Å². The van der Waals surface area contributed by atoms with Crippen molar-refractivity contribution >= 4 is 0 Å². The second-order valence-electron chi connectivity index (χ2n) is 1.77. The average Bonchev–Trinajstić information content (AvgIpc) is 2.34. The molecule has 0 aliphatic carbocycles. The minimum Gasteiger partial charge on any atom is -0.499 e. The Balaban J connectivity index is 2.38. The van der Waals surface area contributed by atoms with Crippen molar-refractivity contribution < 1.29 is 4.74 Å². The third-order valence-corrected chi connectivity index (χ3v) is 1.10. The molecule has 0 fully saturated rings. The van der Waals surface area contributed by atoms with E-state index >= 15 is 0 Å². The van der Waals surface area contributed by atoms with Crippen molar-refractivity contribution in [1.82, 2.24) is 0 Å². The Bertz CT molecular complexity index is 163. The second-order valence-corrected chi connectivity index (χ2v) is 1.77. The van der Waals surface area contributed by atoms with E-state index in [1.165, 1.54) is 11.8 Å². The predicted molar refractivity (Wildman–Crippen MR) is 37.0 cm³/mol. The molecule has 0 N–H and O–H groups in total. The molecule has 0 atom stereocenters. The van der Waals surface area contributed by atoms with E-state index in [0.29, 0.717) is 6.61 Å². The molecule has 1 heteroatoms. The number of ether oxygens (including phenoxy) is 1. The van der Waals surface area contributed by atoms with Gasteiger partial charge in [0.15, 0.2) is 0 Å². The molecule has 0 bridgehead atoms. The van der Waals surface area contributed by atoms with Crippen LogP contribution >= 0.6 is 0 Å². The maximum absolute atomic E-state index is 4.94. The molecule has 1 nitrogen and oxygen atoms in total. The van der Waals surface area contributed by atoms with Crippen LogP contribution in [0.15, 0.2) is 37.1 Å². The van der Waals surface area contributed by atoms with Gasteiger partial charge < -0.3 is 4.74 Å². The summed E-state index contributed by atoms with van der Waals surface area (Å²) in [4.78, 5) is 0. The molecule has 1 aromatic carbocycles. The van der Waals surface area contributed by atoms with E-state index < -0.39 is 0 Å². The molecule has 0 saturated heterocycles. The summed E-state index contributed by atoms with van der Waals surface area (Å²) in [7, 11) is 0. The van der Waals surface area contributed by atoms with Crippen molar-refractivity contribution in [1.29, 1.82) is 0 Å². The molecule has 9 heavy (non-hydrogen) atoms. The average molecular weight is 121 g/mol. The van der Waals surface area contributed by atoms with Gasteiger partial charge in [-0.15, -0.1) is 5.56 Å². The minimum absolute atomic E-state index is 0.635. The highest BCUT2D eigenvalue weighted by atomic mass is 16.5. The van der Waals surface area contributed by atoms with E-state index in [9.17, 15) is 0 Å². The smallest absolute Gasteiger partial charge is 0.0895 e. The third-order valence-electron chi connectivity index (χ3n) is 1.10. The number of hydrogen-bond acceptors (Lipinski definition) is 1. The Morgan fingerprint density at radius 2 is 2.67 bits per heavy atom. The highest BCUT2D eigenvalue weighted by Gasteiger charge is 1.78. The Labute approximate surface area is 54.9 Å². The summed E-state index contributed by atoms with van der Waals surface area (Å²) >= 11 is 0. The van der Waals surface area contributed by atoms with Crippen LogP contribution in [-0.2, 0) is 11.3 Å². The van der Waals surface area contributed by atoms with Crippen LogP contribution in [0.5, 0.6) is 0 Å². The highest BCUT2D eigenvalue weighted by molar-refractivity contribution is 5.14. The van der Waals surface area contributed by atoms with E-state index in [0.717, 1.165) is 0 Å². The van der Waals surface area contributed by atoms with Crippen molar-refractivity contribution in [2.75, 3.05) is 0 Å². The summed E-state index contributed by atoms with van der Waals surface area (Å²) in [6.07, 6.45) is 1.45. The van der Waals surface area contributed by atoms with Gasteiger partial charge >= 0.3 is 0 Å². The highest BCUT2D eigenvalue weighted by Crippen LogP contribution is 2.00. The summed E-state index contributed by atoms with van der Waals surface area (Å²) in [5.41, 5.74) is 1.19. The third kappa shape index (κ3) is 1.68. The summed E-state index contributed by atoms with van der Waals surface area (Å²) < 4.78 is 4.94. The van der Waals surface area contributed by atoms with Gasteiger partial charge in [0.25, 0.3) is 0 Å². The molecule has 0 saturated carbocycles. The fourth-order valence-corrected chi connectivity index (χ4v) is 0.665. The van der Waals surface area contributed by atoms with E-state index in [-0.39, 0.29) is 0 Å². The van der Waals surface area contributed by atoms with Crippen molar-refractivity contribution in [3.8, 4) is 0 Å². The van der Waals surface area contributed by atoms with Gasteiger partial charge in [0.05, 0.1) is 12.9 Å². The molecule has 0 heterocycles. The summed E-state index contributed by atoms with van der Waals surface area (Å²) in [5, 5.41) is 0. The van der Waals surface area contributed by atoms with Gasteiger partial charge in [-0.3, -0.25) is 0 Å². The lowest BCUT2D eigenvalue weighted by atomic mass is 10.4. The minimum atomic E-state index is 0.635. The Morgan fingerprint density at radius 1 is 1.78 bits per heavy atom. The zero-order chi connectivity index (χ0) is 6.53. The van der Waals surface area contributed by atoms with Crippen molar-refractivity contribution in [3.05, 3.63) is 42.7 Å². The summed E-state index contributed by atoms with van der Waals surface area (Å²) in [6, 6.07) is 8.01. The van der Waals surface area contributed by atoms with Crippen LogP contribution in [0.4, 0.5) is 0 Å². The van der Waals surface area contributed by atoms with Crippen LogP contribution in [0.2, 0.25) is 0 Å². The van der Waals surface area contributed by atoms with Crippen molar-refractivity contribution in [2.45, 2.75) is 6.61 Å². The zero-order valence-corrected chi connectivity index (χ0v) is 5.21. The lowest BCUT2D eigenvalue weighted by Crippen LogP contribution is -1.80. The first-order valence-corrected chi connectivity index (χ1v) is 2.86. The largest absolute Gasteiger partial charge is 0.499 e. The first kappa shape index (κ1) is 6.02. The quantitative estimate of drug-likeness (QED) is 0.439. The molecule has 0 spiro atoms. The van der Waals surface area contributed by atoms with Gasteiger partial charge in [-0.05, 0) is 0 Å². The van der Waals surface area contributed by atoms with Crippen LogP contribution in [0, 0.1) is 0 Å². The normalized spacial score (nSPS) is 8.89. The lowest BCUT2D eigenvalue weighted by Gasteiger charge is -1.99. The number of rotatable bonds is 3. The molecule has 0 aliphatic heterocycles. The molecule has 1 rings (SSSR count). The molecule has 48 valence electrons. The summed E-state index contributed by atoms with van der Waals surface area (Å²) in [6.45, 7) is 4.07. The topological polar surface area (TPSA) is 9.23 Å². The van der Waals surface area contributed by atoms with Gasteiger partial charge in [0.2, 0.25) is 0 Å². The monoisotopic (exact) mass is 121 g/mol. The van der Waals surface area contributed by atoms with E-state index in [1.807, 2.05) is 24.3 Å². The first-order chi connectivity index (χ1) is 4.43. The Hall–Kier alpha value is -1.11. The molecular weight excluding hydrogens is 112 g/mol. The van der Waals surface area contributed by atoms with E-state index in [4.69, 9.17) is 4.74 Å². The van der Waals surface area contributed by atoms with Crippen LogP contribution in [0.3, 0.4) is 0 Å². The van der Waals surface area contributed by atoms with Crippen LogP contribution < -0.4 is 0 Å². The second kappa shape index (κ2) is 3.02. The van der Waals surface area contributed by atoms with Crippen LogP contribution in [0.25, 0.3) is 0 Å². The standard InChI is InChI=1S/C8H9O/c1-2-9-7-8-5-3-4-6-8/h2-6H,1,7H2/q-1.